The van der Waals surface area contributed by atoms with E-state index in [1.54, 1.807) is 0 Å². The Morgan fingerprint density at radius 2 is 0.495 bits per heavy atom. The maximum absolute atomic E-state index is 13.1. The van der Waals surface area contributed by atoms with Crippen LogP contribution in [0, 0.1) is 17.8 Å². The lowest BCUT2D eigenvalue weighted by Gasteiger charge is -2.21. The third kappa shape index (κ3) is 68.4. The molecule has 3 N–H and O–H groups in total. The van der Waals surface area contributed by atoms with Gasteiger partial charge in [0.2, 0.25) is 0 Å². The Balaban J connectivity index is 5.24. The lowest BCUT2D eigenvalue weighted by atomic mass is 10.0. The maximum Gasteiger partial charge on any atom is 0.472 e. The number of hydrogen-bond donors (Lipinski definition) is 3. The first-order valence-electron chi connectivity index (χ1n) is 38.3. The fraction of sp³-hybridized carbons (Fsp3) is 0.946. The Morgan fingerprint density at radius 1 is 0.290 bits per heavy atom. The van der Waals surface area contributed by atoms with Gasteiger partial charge >= 0.3 is 39.5 Å². The van der Waals surface area contributed by atoms with Crippen molar-refractivity contribution >= 4 is 39.5 Å². The van der Waals surface area contributed by atoms with E-state index in [-0.39, 0.29) is 25.7 Å². The molecule has 0 rings (SSSR count). The second-order valence-corrected chi connectivity index (χ2v) is 31.0. The van der Waals surface area contributed by atoms with E-state index in [4.69, 9.17) is 37.0 Å². The first-order valence-corrected chi connectivity index (χ1v) is 41.3. The summed E-state index contributed by atoms with van der Waals surface area (Å²) >= 11 is 0. The van der Waals surface area contributed by atoms with Crippen LogP contribution in [0.25, 0.3) is 0 Å². The molecule has 0 aromatic heterocycles. The maximum atomic E-state index is 13.1. The molecule has 0 bridgehead atoms. The van der Waals surface area contributed by atoms with Crippen molar-refractivity contribution in [1.82, 2.24) is 0 Å². The number of phosphoric acid groups is 2. The highest BCUT2D eigenvalue weighted by Crippen LogP contribution is 2.45. The summed E-state index contributed by atoms with van der Waals surface area (Å²) in [6, 6.07) is 0. The van der Waals surface area contributed by atoms with Crippen molar-refractivity contribution in [2.24, 2.45) is 17.8 Å². The van der Waals surface area contributed by atoms with Crippen molar-refractivity contribution in [2.45, 2.75) is 394 Å². The number of aliphatic hydroxyl groups excluding tert-OH is 1. The zero-order valence-electron chi connectivity index (χ0n) is 60.7. The smallest absolute Gasteiger partial charge is 0.462 e. The zero-order valence-corrected chi connectivity index (χ0v) is 62.5. The molecular weight excluding hydrogens is 1220 g/mol. The van der Waals surface area contributed by atoms with E-state index in [1.165, 1.54) is 180 Å². The van der Waals surface area contributed by atoms with Crippen LogP contribution in [0.15, 0.2) is 0 Å². The van der Waals surface area contributed by atoms with Crippen LogP contribution >= 0.6 is 15.6 Å². The lowest BCUT2D eigenvalue weighted by molar-refractivity contribution is -0.161. The van der Waals surface area contributed by atoms with Gasteiger partial charge in [0.05, 0.1) is 26.4 Å². The molecule has 0 heterocycles. The Hall–Kier alpha value is -1.94. The number of phosphoric ester groups is 2. The molecular formula is C74H144O17P2. The number of ether oxygens (including phenoxy) is 4. The van der Waals surface area contributed by atoms with Gasteiger partial charge in [0.1, 0.15) is 19.3 Å². The summed E-state index contributed by atoms with van der Waals surface area (Å²) in [4.78, 5) is 72.7. The summed E-state index contributed by atoms with van der Waals surface area (Å²) in [5.74, 6) is 0.127. The Morgan fingerprint density at radius 3 is 0.731 bits per heavy atom. The summed E-state index contributed by atoms with van der Waals surface area (Å²) in [5.41, 5.74) is 0. The molecule has 0 radical (unpaired) electrons. The minimum absolute atomic E-state index is 0.106. The molecule has 0 aromatic rings. The summed E-state index contributed by atoms with van der Waals surface area (Å²) in [5, 5.41) is 10.6. The van der Waals surface area contributed by atoms with Crippen molar-refractivity contribution in [3.8, 4) is 0 Å². The molecule has 0 amide bonds. The fourth-order valence-electron chi connectivity index (χ4n) is 11.2. The molecule has 0 aromatic carbocycles. The summed E-state index contributed by atoms with van der Waals surface area (Å²) in [6.07, 6.45) is 50.0. The molecule has 0 aliphatic heterocycles. The molecule has 0 aliphatic carbocycles. The van der Waals surface area contributed by atoms with Gasteiger partial charge in [-0.1, -0.05) is 325 Å². The quantitative estimate of drug-likeness (QED) is 0.0222. The van der Waals surface area contributed by atoms with E-state index in [9.17, 15) is 43.2 Å². The summed E-state index contributed by atoms with van der Waals surface area (Å²) in [6.45, 7) is 11.8. The van der Waals surface area contributed by atoms with Gasteiger partial charge in [-0.2, -0.15) is 0 Å². The van der Waals surface area contributed by atoms with Crippen LogP contribution in [0.3, 0.4) is 0 Å². The molecule has 17 nitrogen and oxygen atoms in total. The molecule has 0 saturated heterocycles. The van der Waals surface area contributed by atoms with Gasteiger partial charge < -0.3 is 33.8 Å². The van der Waals surface area contributed by atoms with Crippen LogP contribution < -0.4 is 0 Å². The van der Waals surface area contributed by atoms with E-state index < -0.39 is 97.5 Å². The van der Waals surface area contributed by atoms with E-state index in [2.05, 4.69) is 48.5 Å². The highest BCUT2D eigenvalue weighted by molar-refractivity contribution is 7.47. The highest BCUT2D eigenvalue weighted by atomic mass is 31.2. The SMILES string of the molecule is CCCCCCCCCCCCCCCC(=O)O[C@H](COC(=O)CCCCCCCCC(C)C)COP(=O)(O)OC[C@H](O)COP(=O)(O)OC[C@@H](COC(=O)CCCCCCCCCCCCCCC(C)C)OC(=O)CCCCCCCCCCCCCCCC(C)C. The van der Waals surface area contributed by atoms with E-state index in [0.717, 1.165) is 108 Å². The van der Waals surface area contributed by atoms with E-state index in [0.29, 0.717) is 31.6 Å². The number of carbonyl (C=O) groups is 4. The average Bonchev–Trinajstić information content (AvgIpc) is 2.34. The van der Waals surface area contributed by atoms with Crippen molar-refractivity contribution in [3.05, 3.63) is 0 Å². The molecule has 0 aliphatic rings. The van der Waals surface area contributed by atoms with Gasteiger partial charge in [-0.15, -0.1) is 0 Å². The molecule has 0 spiro atoms. The van der Waals surface area contributed by atoms with Gasteiger partial charge in [-0.05, 0) is 43.4 Å². The molecule has 2 unspecified atom stereocenters. The lowest BCUT2D eigenvalue weighted by Crippen LogP contribution is -2.30. The third-order valence-electron chi connectivity index (χ3n) is 17.1. The molecule has 0 fully saturated rings. The minimum Gasteiger partial charge on any atom is -0.462 e. The average molecular weight is 1370 g/mol. The Kier molecular flexibility index (Phi) is 63.4. The fourth-order valence-corrected chi connectivity index (χ4v) is 12.8. The Bertz CT molecular complexity index is 1820. The van der Waals surface area contributed by atoms with Crippen molar-refractivity contribution in [3.63, 3.8) is 0 Å². The van der Waals surface area contributed by atoms with Crippen molar-refractivity contribution in [1.29, 1.82) is 0 Å². The number of unbranched alkanes of at least 4 members (excludes halogenated alkanes) is 40. The van der Waals surface area contributed by atoms with Crippen LogP contribution in [0.2, 0.25) is 0 Å². The molecule has 93 heavy (non-hydrogen) atoms. The van der Waals surface area contributed by atoms with Crippen LogP contribution in [0.5, 0.6) is 0 Å². The normalized spacial score (nSPS) is 14.1. The highest BCUT2D eigenvalue weighted by Gasteiger charge is 2.30. The Labute approximate surface area is 568 Å². The van der Waals surface area contributed by atoms with Crippen molar-refractivity contribution < 1.29 is 80.2 Å². The van der Waals surface area contributed by atoms with Crippen LogP contribution in [0.1, 0.15) is 376 Å². The predicted molar refractivity (Wildman–Crippen MR) is 377 cm³/mol. The van der Waals surface area contributed by atoms with Gasteiger partial charge in [0.15, 0.2) is 12.2 Å². The van der Waals surface area contributed by atoms with Crippen LogP contribution in [-0.4, -0.2) is 96.7 Å². The van der Waals surface area contributed by atoms with E-state index in [1.807, 2.05) is 0 Å². The second-order valence-electron chi connectivity index (χ2n) is 28.1. The standard InChI is InChI=1S/C74H144O17P2/c1-8-9-10-11-12-13-14-16-24-29-34-43-50-57-74(79)91-70(62-85-72(77)56-49-42-37-36-40-47-54-67(6)7)64-89-93(82,83)87-60-68(75)59-86-92(80,81)88-63-69(61-84-71(76)55-48-41-33-28-23-20-19-22-27-32-39-46-53-66(4)5)90-73(78)58-51-44-35-30-25-18-15-17-21-26-31-38-45-52-65(2)3/h65-70,75H,8-64H2,1-7H3,(H,80,81)(H,82,83)/t68-,69-,70-/m1/s1. The number of hydrogen-bond acceptors (Lipinski definition) is 15. The van der Waals surface area contributed by atoms with Gasteiger partial charge in [0.25, 0.3) is 0 Å². The number of esters is 4. The molecule has 5 atom stereocenters. The monoisotopic (exact) mass is 1370 g/mol. The van der Waals surface area contributed by atoms with Gasteiger partial charge in [-0.25, -0.2) is 9.13 Å². The van der Waals surface area contributed by atoms with Crippen molar-refractivity contribution in [2.75, 3.05) is 39.6 Å². The largest absolute Gasteiger partial charge is 0.472 e. The molecule has 0 saturated carbocycles. The number of rotatable bonds is 72. The summed E-state index contributed by atoms with van der Waals surface area (Å²) < 4.78 is 68.4. The number of aliphatic hydroxyl groups is 1. The third-order valence-corrected chi connectivity index (χ3v) is 19.0. The second kappa shape index (κ2) is 64.7. The van der Waals surface area contributed by atoms with Gasteiger partial charge in [-0.3, -0.25) is 37.3 Å². The first kappa shape index (κ1) is 91.1. The zero-order chi connectivity index (χ0) is 68.7. The van der Waals surface area contributed by atoms with Crippen LogP contribution in [0.4, 0.5) is 0 Å². The molecule has 552 valence electrons. The first-order chi connectivity index (χ1) is 44.7. The molecule has 19 heteroatoms. The number of carbonyl (C=O) groups excluding carboxylic acids is 4. The van der Waals surface area contributed by atoms with Crippen LogP contribution in [-0.2, 0) is 65.4 Å². The topological polar surface area (TPSA) is 237 Å². The minimum atomic E-state index is -4.96. The van der Waals surface area contributed by atoms with E-state index >= 15 is 0 Å². The summed E-state index contributed by atoms with van der Waals surface area (Å²) in [7, 11) is -9.91. The van der Waals surface area contributed by atoms with Gasteiger partial charge in [0, 0.05) is 25.7 Å². The predicted octanol–water partition coefficient (Wildman–Crippen LogP) is 21.4.